The summed E-state index contributed by atoms with van der Waals surface area (Å²) < 4.78 is 4.77. The molecule has 0 bridgehead atoms. The van der Waals surface area contributed by atoms with Gasteiger partial charge in [0.2, 0.25) is 0 Å². The van der Waals surface area contributed by atoms with Crippen molar-refractivity contribution >= 4 is 27.7 Å². The average molecular weight is 343 g/mol. The predicted octanol–water partition coefficient (Wildman–Crippen LogP) is 1.99. The highest BCUT2D eigenvalue weighted by atomic mass is 79.9. The summed E-state index contributed by atoms with van der Waals surface area (Å²) in [6, 6.07) is 0. The number of carbonyl (C=O) groups is 2. The zero-order valence-corrected chi connectivity index (χ0v) is 13.4. The Labute approximate surface area is 126 Å². The van der Waals surface area contributed by atoms with Gasteiger partial charge in [0.1, 0.15) is 16.0 Å². The van der Waals surface area contributed by atoms with Crippen LogP contribution >= 0.6 is 15.9 Å². The quantitative estimate of drug-likeness (QED) is 0.540. The predicted molar refractivity (Wildman–Crippen MR) is 76.3 cm³/mol. The number of hydrogen-bond donors (Lipinski definition) is 1. The van der Waals surface area contributed by atoms with Gasteiger partial charge in [0.05, 0.1) is 5.41 Å². The van der Waals surface area contributed by atoms with Gasteiger partial charge in [-0.05, 0) is 44.8 Å². The molecule has 0 spiro atoms. The minimum Gasteiger partial charge on any atom is -0.460 e. The third-order valence-corrected chi connectivity index (χ3v) is 6.67. The van der Waals surface area contributed by atoms with Crippen LogP contribution in [0.3, 0.4) is 0 Å². The van der Waals surface area contributed by atoms with Crippen LogP contribution in [0.2, 0.25) is 0 Å². The standard InChI is InChI=1S/C15H19BrO4/c1-8-4-5-9-11(20-12(18)14(9,3)16)13(2)10(17)6-7-15(8,13)19/h6-9,11,19H,4-5H2,1-3H3/t8-,9+,11+,13-,14-,15+/m0/s1. The third kappa shape index (κ3) is 1.40. The molecule has 0 aromatic heterocycles. The molecule has 0 aromatic rings. The Balaban J connectivity index is 2.16. The molecule has 2 fully saturated rings. The fourth-order valence-electron chi connectivity index (χ4n) is 4.13. The van der Waals surface area contributed by atoms with Gasteiger partial charge in [-0.1, -0.05) is 22.9 Å². The van der Waals surface area contributed by atoms with E-state index in [2.05, 4.69) is 15.9 Å². The molecule has 1 saturated heterocycles. The van der Waals surface area contributed by atoms with E-state index in [0.29, 0.717) is 0 Å². The molecule has 5 heteroatoms. The lowest BCUT2D eigenvalue weighted by atomic mass is 9.64. The number of aliphatic hydroxyl groups is 1. The smallest absolute Gasteiger partial charge is 0.323 e. The van der Waals surface area contributed by atoms with E-state index in [1.165, 1.54) is 6.08 Å². The Kier molecular flexibility index (Phi) is 2.81. The molecule has 4 nitrogen and oxygen atoms in total. The zero-order valence-electron chi connectivity index (χ0n) is 11.9. The number of alkyl halides is 1. The number of hydrogen-bond acceptors (Lipinski definition) is 4. The first-order valence-corrected chi connectivity index (χ1v) is 7.81. The fourth-order valence-corrected chi connectivity index (χ4v) is 4.69. The molecule has 110 valence electrons. The van der Waals surface area contributed by atoms with E-state index >= 15 is 0 Å². The van der Waals surface area contributed by atoms with Gasteiger partial charge < -0.3 is 9.84 Å². The average Bonchev–Trinajstić information content (AvgIpc) is 2.72. The summed E-state index contributed by atoms with van der Waals surface area (Å²) >= 11 is 3.48. The van der Waals surface area contributed by atoms with Crippen LogP contribution < -0.4 is 0 Å². The van der Waals surface area contributed by atoms with Crippen LogP contribution in [0.15, 0.2) is 12.2 Å². The summed E-state index contributed by atoms with van der Waals surface area (Å²) in [6.07, 6.45) is 3.95. The van der Waals surface area contributed by atoms with Gasteiger partial charge >= 0.3 is 5.97 Å². The molecule has 6 atom stereocenters. The van der Waals surface area contributed by atoms with Gasteiger partial charge in [0.25, 0.3) is 0 Å². The first-order valence-electron chi connectivity index (χ1n) is 7.01. The molecular formula is C15H19BrO4. The number of carbonyl (C=O) groups excluding carboxylic acids is 2. The van der Waals surface area contributed by atoms with Gasteiger partial charge in [-0.25, -0.2) is 0 Å². The largest absolute Gasteiger partial charge is 0.460 e. The van der Waals surface area contributed by atoms with E-state index in [1.54, 1.807) is 19.9 Å². The maximum atomic E-state index is 12.4. The number of ether oxygens (including phenoxy) is 1. The number of halogens is 1. The molecular weight excluding hydrogens is 324 g/mol. The van der Waals surface area contributed by atoms with Gasteiger partial charge in [0, 0.05) is 5.92 Å². The van der Waals surface area contributed by atoms with E-state index in [-0.39, 0.29) is 23.6 Å². The number of rotatable bonds is 0. The lowest BCUT2D eigenvalue weighted by Gasteiger charge is -2.43. The van der Waals surface area contributed by atoms with E-state index < -0.39 is 21.4 Å². The lowest BCUT2D eigenvalue weighted by molar-refractivity contribution is -0.166. The van der Waals surface area contributed by atoms with Crippen LogP contribution in [0.5, 0.6) is 0 Å². The minimum atomic E-state index is -1.24. The van der Waals surface area contributed by atoms with Crippen molar-refractivity contribution in [1.82, 2.24) is 0 Å². The Bertz CT molecular complexity index is 526. The van der Waals surface area contributed by atoms with Crippen LogP contribution in [0.1, 0.15) is 33.6 Å². The van der Waals surface area contributed by atoms with Crippen molar-refractivity contribution < 1.29 is 19.4 Å². The summed E-state index contributed by atoms with van der Waals surface area (Å²) in [5.74, 6) is -0.657. The van der Waals surface area contributed by atoms with E-state index in [0.717, 1.165) is 12.8 Å². The van der Waals surface area contributed by atoms with Crippen LogP contribution in [0.4, 0.5) is 0 Å². The van der Waals surface area contributed by atoms with Crippen molar-refractivity contribution in [1.29, 1.82) is 0 Å². The summed E-state index contributed by atoms with van der Waals surface area (Å²) in [7, 11) is 0. The second kappa shape index (κ2) is 3.95. The Morgan fingerprint density at radius 3 is 2.65 bits per heavy atom. The minimum absolute atomic E-state index is 0.0530. The first-order chi connectivity index (χ1) is 9.15. The Morgan fingerprint density at radius 2 is 2.00 bits per heavy atom. The summed E-state index contributed by atoms with van der Waals surface area (Å²) in [5, 5.41) is 11.1. The van der Waals surface area contributed by atoms with Gasteiger partial charge in [-0.3, -0.25) is 9.59 Å². The number of ketones is 1. The molecule has 1 N–H and O–H groups in total. The van der Waals surface area contributed by atoms with Crippen molar-refractivity contribution in [3.05, 3.63) is 12.2 Å². The zero-order chi connectivity index (χ0) is 14.9. The molecule has 0 amide bonds. The second-order valence-electron chi connectivity index (χ2n) is 6.71. The van der Waals surface area contributed by atoms with Crippen LogP contribution in [-0.4, -0.2) is 32.9 Å². The highest BCUT2D eigenvalue weighted by molar-refractivity contribution is 9.10. The van der Waals surface area contributed by atoms with Crippen LogP contribution in [0.25, 0.3) is 0 Å². The third-order valence-electron chi connectivity index (χ3n) is 5.76. The number of allylic oxidation sites excluding steroid dienone is 1. The molecule has 1 aliphatic heterocycles. The van der Waals surface area contributed by atoms with Crippen molar-refractivity contribution in [2.75, 3.05) is 0 Å². The van der Waals surface area contributed by atoms with Crippen molar-refractivity contribution in [3.63, 3.8) is 0 Å². The Morgan fingerprint density at radius 1 is 1.35 bits per heavy atom. The van der Waals surface area contributed by atoms with E-state index in [4.69, 9.17) is 4.74 Å². The summed E-state index contributed by atoms with van der Waals surface area (Å²) in [5.41, 5.74) is -2.33. The fraction of sp³-hybridized carbons (Fsp3) is 0.733. The SMILES string of the molecule is C[C@H]1CC[C@@H]2[C@@H](OC(=O)[C@@]2(C)Br)[C@]2(C)C(=O)C=C[C@@]12O. The molecule has 0 radical (unpaired) electrons. The van der Waals surface area contributed by atoms with Gasteiger partial charge in [-0.15, -0.1) is 0 Å². The molecule has 20 heavy (non-hydrogen) atoms. The second-order valence-corrected chi connectivity index (χ2v) is 8.36. The van der Waals surface area contributed by atoms with E-state index in [1.807, 2.05) is 6.92 Å². The maximum Gasteiger partial charge on any atom is 0.323 e. The number of fused-ring (bicyclic) bond motifs is 3. The monoisotopic (exact) mass is 342 g/mol. The summed E-state index contributed by atoms with van der Waals surface area (Å²) in [6.45, 7) is 5.48. The summed E-state index contributed by atoms with van der Waals surface area (Å²) in [4.78, 5) is 24.6. The van der Waals surface area contributed by atoms with E-state index in [9.17, 15) is 14.7 Å². The normalized spacial score (nSPS) is 54.4. The molecule has 3 aliphatic rings. The molecule has 2 aliphatic carbocycles. The molecule has 1 saturated carbocycles. The molecule has 3 rings (SSSR count). The topological polar surface area (TPSA) is 63.6 Å². The van der Waals surface area contributed by atoms with Crippen molar-refractivity contribution in [2.24, 2.45) is 17.3 Å². The number of esters is 1. The van der Waals surface area contributed by atoms with Crippen molar-refractivity contribution in [3.8, 4) is 0 Å². The lowest BCUT2D eigenvalue weighted by Crippen LogP contribution is -2.57. The van der Waals surface area contributed by atoms with Crippen molar-refractivity contribution in [2.45, 2.75) is 49.6 Å². The van der Waals surface area contributed by atoms with Crippen LogP contribution in [-0.2, 0) is 14.3 Å². The van der Waals surface area contributed by atoms with Gasteiger partial charge in [-0.2, -0.15) is 0 Å². The highest BCUT2D eigenvalue weighted by Crippen LogP contribution is 2.58. The maximum absolute atomic E-state index is 12.4. The molecule has 0 unspecified atom stereocenters. The molecule has 1 heterocycles. The molecule has 0 aromatic carbocycles. The first kappa shape index (κ1) is 14.3. The highest BCUT2D eigenvalue weighted by Gasteiger charge is 2.69. The Hall–Kier alpha value is -0.680. The van der Waals surface area contributed by atoms with Crippen LogP contribution in [0, 0.1) is 17.3 Å². The van der Waals surface area contributed by atoms with Gasteiger partial charge in [0.15, 0.2) is 5.78 Å².